The van der Waals surface area contributed by atoms with Crippen LogP contribution in [0.2, 0.25) is 0 Å². The Bertz CT molecular complexity index is 3050. The third kappa shape index (κ3) is 3.46. The van der Waals surface area contributed by atoms with Gasteiger partial charge in [-0.1, -0.05) is 152 Å². The van der Waals surface area contributed by atoms with Crippen molar-refractivity contribution in [3.05, 3.63) is 205 Å². The van der Waals surface area contributed by atoms with Crippen molar-refractivity contribution >= 4 is 38.0 Å². The van der Waals surface area contributed by atoms with Crippen molar-refractivity contribution in [2.75, 3.05) is 0 Å². The minimum absolute atomic E-state index is 0.489. The molecule has 10 aromatic rings. The van der Waals surface area contributed by atoms with Gasteiger partial charge in [-0.25, -0.2) is 4.98 Å². The maximum atomic E-state index is 4.91. The molecule has 1 spiro atoms. The summed E-state index contributed by atoms with van der Waals surface area (Å²) in [6.07, 6.45) is 4.16. The molecule has 2 heterocycles. The zero-order valence-corrected chi connectivity index (χ0v) is 28.2. The van der Waals surface area contributed by atoms with Crippen molar-refractivity contribution in [1.29, 1.82) is 0 Å². The standard InChI is InChI=1S/C50H30N2/c1-5-19-39-33(13-1)34-14-3-6-20-40(34)49-48(39)47-38-18-4-2-15-35(38)41(31-24-26-32(27-25-31)45-30-52-28-12-11-23-46(52)51-45)29-44(47)50(49)42-21-9-7-16-36(42)37-17-8-10-22-43(37)50/h1-30H. The summed E-state index contributed by atoms with van der Waals surface area (Å²) in [4.78, 5) is 4.91. The van der Waals surface area contributed by atoms with Crippen molar-refractivity contribution in [2.24, 2.45) is 0 Å². The van der Waals surface area contributed by atoms with E-state index in [4.69, 9.17) is 4.98 Å². The monoisotopic (exact) mass is 658 g/mol. The van der Waals surface area contributed by atoms with E-state index < -0.39 is 5.41 Å². The van der Waals surface area contributed by atoms with Gasteiger partial charge in [0.2, 0.25) is 0 Å². The van der Waals surface area contributed by atoms with Crippen LogP contribution in [0.4, 0.5) is 0 Å². The molecule has 52 heavy (non-hydrogen) atoms. The summed E-state index contributed by atoms with van der Waals surface area (Å²) in [5, 5.41) is 7.79. The lowest BCUT2D eigenvalue weighted by Crippen LogP contribution is -2.26. The molecular formula is C50H30N2. The van der Waals surface area contributed by atoms with Gasteiger partial charge >= 0.3 is 0 Å². The Hall–Kier alpha value is -6.77. The molecule has 2 aliphatic rings. The van der Waals surface area contributed by atoms with Crippen LogP contribution < -0.4 is 0 Å². The van der Waals surface area contributed by atoms with E-state index in [0.717, 1.165) is 16.9 Å². The fourth-order valence-corrected chi connectivity index (χ4v) is 9.79. The van der Waals surface area contributed by atoms with E-state index in [1.165, 1.54) is 88.0 Å². The Labute approximate surface area is 300 Å². The molecule has 2 nitrogen and oxygen atoms in total. The molecule has 2 aliphatic carbocycles. The minimum atomic E-state index is -0.489. The van der Waals surface area contributed by atoms with Gasteiger partial charge in [0.1, 0.15) is 5.65 Å². The van der Waals surface area contributed by atoms with Gasteiger partial charge in [-0.3, -0.25) is 0 Å². The second-order valence-electron chi connectivity index (χ2n) is 14.2. The van der Waals surface area contributed by atoms with E-state index >= 15 is 0 Å². The van der Waals surface area contributed by atoms with Crippen molar-refractivity contribution < 1.29 is 0 Å². The maximum Gasteiger partial charge on any atom is 0.137 e. The Balaban J connectivity index is 1.22. The van der Waals surface area contributed by atoms with Gasteiger partial charge in [0, 0.05) is 18.0 Å². The number of rotatable bonds is 2. The van der Waals surface area contributed by atoms with E-state index in [-0.39, 0.29) is 0 Å². The molecular weight excluding hydrogens is 629 g/mol. The molecule has 0 saturated carbocycles. The lowest BCUT2D eigenvalue weighted by molar-refractivity contribution is 0.803. The van der Waals surface area contributed by atoms with E-state index in [0.29, 0.717) is 0 Å². The maximum absolute atomic E-state index is 4.91. The van der Waals surface area contributed by atoms with Gasteiger partial charge in [0.05, 0.1) is 11.1 Å². The Morgan fingerprint density at radius 3 is 1.63 bits per heavy atom. The van der Waals surface area contributed by atoms with Crippen LogP contribution in [-0.2, 0) is 5.41 Å². The van der Waals surface area contributed by atoms with Crippen LogP contribution in [0.1, 0.15) is 22.3 Å². The summed E-state index contributed by atoms with van der Waals surface area (Å²) >= 11 is 0. The summed E-state index contributed by atoms with van der Waals surface area (Å²) in [5.74, 6) is 0. The van der Waals surface area contributed by atoms with E-state index in [1.54, 1.807) is 0 Å². The van der Waals surface area contributed by atoms with Gasteiger partial charge in [-0.05, 0) is 106 Å². The van der Waals surface area contributed by atoms with Gasteiger partial charge < -0.3 is 4.40 Å². The molecule has 8 aromatic carbocycles. The zero-order chi connectivity index (χ0) is 34.0. The summed E-state index contributed by atoms with van der Waals surface area (Å²) < 4.78 is 2.08. The number of hydrogen-bond donors (Lipinski definition) is 0. The summed E-state index contributed by atoms with van der Waals surface area (Å²) in [5.41, 5.74) is 15.8. The molecule has 2 heteroatoms. The summed E-state index contributed by atoms with van der Waals surface area (Å²) in [6.45, 7) is 0. The average Bonchev–Trinajstić information content (AvgIpc) is 3.88. The first-order valence-corrected chi connectivity index (χ1v) is 18.1. The van der Waals surface area contributed by atoms with Crippen molar-refractivity contribution in [2.45, 2.75) is 5.41 Å². The first-order chi connectivity index (χ1) is 25.8. The number of imidazole rings is 1. The number of nitrogens with zero attached hydrogens (tertiary/aromatic N) is 2. The van der Waals surface area contributed by atoms with Gasteiger partial charge in [-0.2, -0.15) is 0 Å². The quantitative estimate of drug-likeness (QED) is 0.169. The summed E-state index contributed by atoms with van der Waals surface area (Å²) in [7, 11) is 0. The largest absolute Gasteiger partial charge is 0.306 e. The Kier molecular flexibility index (Phi) is 5.46. The molecule has 0 N–H and O–H groups in total. The third-order valence-corrected chi connectivity index (χ3v) is 11.8. The van der Waals surface area contributed by atoms with Crippen LogP contribution >= 0.6 is 0 Å². The Morgan fingerprint density at radius 2 is 0.942 bits per heavy atom. The lowest BCUT2D eigenvalue weighted by atomic mass is 9.68. The minimum Gasteiger partial charge on any atom is -0.306 e. The first kappa shape index (κ1) is 28.0. The summed E-state index contributed by atoms with van der Waals surface area (Å²) in [6, 6.07) is 63.1. The van der Waals surface area contributed by atoms with Crippen molar-refractivity contribution in [3.8, 4) is 44.6 Å². The molecule has 0 bridgehead atoms. The van der Waals surface area contributed by atoms with Crippen LogP contribution in [-0.4, -0.2) is 9.38 Å². The second-order valence-corrected chi connectivity index (χ2v) is 14.2. The van der Waals surface area contributed by atoms with Gasteiger partial charge in [0.15, 0.2) is 0 Å². The van der Waals surface area contributed by atoms with Crippen LogP contribution in [0, 0.1) is 0 Å². The first-order valence-electron chi connectivity index (χ1n) is 18.1. The highest BCUT2D eigenvalue weighted by atomic mass is 15.0. The number of benzene rings is 8. The topological polar surface area (TPSA) is 17.3 Å². The molecule has 0 radical (unpaired) electrons. The van der Waals surface area contributed by atoms with Crippen molar-refractivity contribution in [3.63, 3.8) is 0 Å². The molecule has 2 aromatic heterocycles. The number of aromatic nitrogens is 2. The predicted molar refractivity (Wildman–Crippen MR) is 215 cm³/mol. The van der Waals surface area contributed by atoms with Crippen molar-refractivity contribution in [1.82, 2.24) is 9.38 Å². The van der Waals surface area contributed by atoms with E-state index in [1.807, 2.05) is 18.2 Å². The van der Waals surface area contributed by atoms with Crippen LogP contribution in [0.15, 0.2) is 182 Å². The SMILES string of the molecule is c1ccc2c(c1)-c1ccccc1C21c2cc(-c3ccc(-c4cn5ccccc5n4)cc3)c3ccccc3c2-c2c1c1ccccc1c1ccccc21. The number of hydrogen-bond acceptors (Lipinski definition) is 1. The molecule has 0 aliphatic heterocycles. The Morgan fingerprint density at radius 1 is 0.404 bits per heavy atom. The molecule has 240 valence electrons. The fourth-order valence-electron chi connectivity index (χ4n) is 9.79. The third-order valence-electron chi connectivity index (χ3n) is 11.8. The highest BCUT2D eigenvalue weighted by Crippen LogP contribution is 2.66. The van der Waals surface area contributed by atoms with E-state index in [2.05, 4.69) is 168 Å². The fraction of sp³-hybridized carbons (Fsp3) is 0.0200. The highest BCUT2D eigenvalue weighted by molar-refractivity contribution is 6.24. The molecule has 0 saturated heterocycles. The molecule has 0 amide bonds. The molecule has 12 rings (SSSR count). The van der Waals surface area contributed by atoms with Gasteiger partial charge in [-0.15, -0.1) is 0 Å². The van der Waals surface area contributed by atoms with E-state index in [9.17, 15) is 0 Å². The van der Waals surface area contributed by atoms with Crippen LogP contribution in [0.5, 0.6) is 0 Å². The second kappa shape index (κ2) is 10.2. The predicted octanol–water partition coefficient (Wildman–Crippen LogP) is 12.5. The smallest absolute Gasteiger partial charge is 0.137 e. The molecule has 0 atom stereocenters. The van der Waals surface area contributed by atoms with Gasteiger partial charge in [0.25, 0.3) is 0 Å². The van der Waals surface area contributed by atoms with Crippen LogP contribution in [0.3, 0.4) is 0 Å². The average molecular weight is 659 g/mol. The highest BCUT2D eigenvalue weighted by Gasteiger charge is 2.53. The number of fused-ring (bicyclic) bond motifs is 18. The molecule has 0 unspecified atom stereocenters. The lowest BCUT2D eigenvalue weighted by Gasteiger charge is -2.32. The van der Waals surface area contributed by atoms with Crippen LogP contribution in [0.25, 0.3) is 82.6 Å². The number of pyridine rings is 1. The molecule has 0 fully saturated rings. The normalized spacial score (nSPS) is 13.5. The zero-order valence-electron chi connectivity index (χ0n) is 28.2.